The lowest BCUT2D eigenvalue weighted by molar-refractivity contribution is -0.162. The lowest BCUT2D eigenvalue weighted by atomic mass is 10.1. The van der Waals surface area contributed by atoms with Gasteiger partial charge in [-0.05, 0) is 13.0 Å². The Hall–Kier alpha value is -0.970. The Labute approximate surface area is 88.0 Å². The third-order valence-electron chi connectivity index (χ3n) is 2.56. The van der Waals surface area contributed by atoms with Crippen LogP contribution >= 0.6 is 0 Å². The zero-order valence-electron chi connectivity index (χ0n) is 8.57. The molecule has 1 heterocycles. The summed E-state index contributed by atoms with van der Waals surface area (Å²) >= 11 is 0. The first-order valence-electron chi connectivity index (χ1n) is 4.92. The molecule has 0 spiro atoms. The largest absolute Gasteiger partial charge is 0.343 e. The van der Waals surface area contributed by atoms with Crippen molar-refractivity contribution in [1.29, 1.82) is 0 Å². The van der Waals surface area contributed by atoms with Crippen molar-refractivity contribution in [3.05, 3.63) is 35.6 Å². The highest BCUT2D eigenvalue weighted by atomic mass is 19.1. The number of hydrogen-bond acceptors (Lipinski definition) is 3. The number of nitrogens with two attached hydrogens (primary N) is 1. The van der Waals surface area contributed by atoms with E-state index in [1.165, 1.54) is 6.07 Å². The molecule has 2 unspecified atom stereocenters. The van der Waals surface area contributed by atoms with E-state index < -0.39 is 5.79 Å². The highest BCUT2D eigenvalue weighted by Crippen LogP contribution is 2.34. The van der Waals surface area contributed by atoms with E-state index in [-0.39, 0.29) is 11.9 Å². The van der Waals surface area contributed by atoms with Gasteiger partial charge in [-0.3, -0.25) is 0 Å². The Bertz CT molecular complexity index is 358. The molecule has 82 valence electrons. The van der Waals surface area contributed by atoms with Crippen molar-refractivity contribution in [3.8, 4) is 0 Å². The van der Waals surface area contributed by atoms with Crippen LogP contribution in [0.2, 0.25) is 0 Å². The minimum atomic E-state index is -1.00. The molecule has 4 heteroatoms. The van der Waals surface area contributed by atoms with Crippen LogP contribution in [0.15, 0.2) is 24.3 Å². The number of rotatable bonds is 2. The van der Waals surface area contributed by atoms with Crippen LogP contribution in [-0.4, -0.2) is 19.3 Å². The number of benzene rings is 1. The van der Waals surface area contributed by atoms with E-state index in [4.69, 9.17) is 15.2 Å². The molecule has 1 fully saturated rings. The van der Waals surface area contributed by atoms with Crippen LogP contribution in [0.4, 0.5) is 4.39 Å². The van der Waals surface area contributed by atoms with Crippen LogP contribution in [0.5, 0.6) is 0 Å². The van der Waals surface area contributed by atoms with E-state index in [0.29, 0.717) is 18.7 Å². The quantitative estimate of drug-likeness (QED) is 0.803. The van der Waals surface area contributed by atoms with Gasteiger partial charge < -0.3 is 15.2 Å². The number of halogens is 1. The van der Waals surface area contributed by atoms with E-state index in [1.807, 2.05) is 0 Å². The van der Waals surface area contributed by atoms with Gasteiger partial charge in [0, 0.05) is 12.1 Å². The smallest absolute Gasteiger partial charge is 0.195 e. The predicted octanol–water partition coefficient (Wildman–Crippen LogP) is 1.37. The maximum Gasteiger partial charge on any atom is 0.195 e. The van der Waals surface area contributed by atoms with E-state index in [9.17, 15) is 4.39 Å². The predicted molar refractivity (Wildman–Crippen MR) is 53.6 cm³/mol. The first kappa shape index (κ1) is 10.5. The van der Waals surface area contributed by atoms with E-state index in [0.717, 1.165) is 0 Å². The molecule has 1 aliphatic heterocycles. The van der Waals surface area contributed by atoms with Gasteiger partial charge in [-0.2, -0.15) is 0 Å². The van der Waals surface area contributed by atoms with Gasteiger partial charge in [0.25, 0.3) is 0 Å². The van der Waals surface area contributed by atoms with Crippen molar-refractivity contribution >= 4 is 0 Å². The fraction of sp³-hybridized carbons (Fsp3) is 0.455. The van der Waals surface area contributed by atoms with Crippen molar-refractivity contribution < 1.29 is 13.9 Å². The Morgan fingerprint density at radius 2 is 2.27 bits per heavy atom. The molecule has 0 amide bonds. The average molecular weight is 211 g/mol. The van der Waals surface area contributed by atoms with E-state index in [1.54, 1.807) is 25.1 Å². The van der Waals surface area contributed by atoms with Crippen molar-refractivity contribution in [3.63, 3.8) is 0 Å². The fourth-order valence-corrected chi connectivity index (χ4v) is 1.72. The van der Waals surface area contributed by atoms with Crippen molar-refractivity contribution in [2.24, 2.45) is 5.73 Å². The van der Waals surface area contributed by atoms with Crippen LogP contribution in [0.25, 0.3) is 0 Å². The van der Waals surface area contributed by atoms with Gasteiger partial charge in [-0.15, -0.1) is 0 Å². The first-order chi connectivity index (χ1) is 7.15. The first-order valence-corrected chi connectivity index (χ1v) is 4.92. The zero-order valence-corrected chi connectivity index (χ0v) is 8.57. The second kappa shape index (κ2) is 3.89. The molecule has 2 rings (SSSR count). The number of ether oxygens (including phenoxy) is 2. The Balaban J connectivity index is 2.27. The van der Waals surface area contributed by atoms with Gasteiger partial charge in [-0.1, -0.05) is 18.2 Å². The summed E-state index contributed by atoms with van der Waals surface area (Å²) in [6.07, 6.45) is -0.158. The molecule has 15 heavy (non-hydrogen) atoms. The fourth-order valence-electron chi connectivity index (χ4n) is 1.72. The summed E-state index contributed by atoms with van der Waals surface area (Å²) in [6.45, 7) is 2.49. The molecule has 0 bridgehead atoms. The molecular weight excluding hydrogens is 197 g/mol. The molecule has 0 aliphatic carbocycles. The van der Waals surface area contributed by atoms with Crippen LogP contribution < -0.4 is 5.73 Å². The van der Waals surface area contributed by atoms with Gasteiger partial charge in [0.15, 0.2) is 5.79 Å². The molecule has 0 radical (unpaired) electrons. The van der Waals surface area contributed by atoms with E-state index in [2.05, 4.69) is 0 Å². The number of hydrogen-bond donors (Lipinski definition) is 1. The topological polar surface area (TPSA) is 44.5 Å². The summed E-state index contributed by atoms with van der Waals surface area (Å²) < 4.78 is 24.6. The van der Waals surface area contributed by atoms with Crippen LogP contribution in [-0.2, 0) is 15.3 Å². The van der Waals surface area contributed by atoms with Crippen LogP contribution in [0.1, 0.15) is 12.5 Å². The molecule has 2 N–H and O–H groups in total. The highest BCUT2D eigenvalue weighted by molar-refractivity contribution is 5.22. The molecule has 0 aromatic heterocycles. The Morgan fingerprint density at radius 1 is 1.53 bits per heavy atom. The lowest BCUT2D eigenvalue weighted by Crippen LogP contribution is -2.28. The molecule has 0 saturated carbocycles. The Kier molecular flexibility index (Phi) is 2.73. The molecule has 1 aromatic rings. The van der Waals surface area contributed by atoms with E-state index >= 15 is 0 Å². The monoisotopic (exact) mass is 211 g/mol. The molecule has 1 aromatic carbocycles. The van der Waals surface area contributed by atoms with Gasteiger partial charge in [0.2, 0.25) is 0 Å². The van der Waals surface area contributed by atoms with Gasteiger partial charge in [-0.25, -0.2) is 4.39 Å². The maximum absolute atomic E-state index is 13.5. The average Bonchev–Trinajstić information content (AvgIpc) is 2.62. The van der Waals surface area contributed by atoms with Gasteiger partial charge >= 0.3 is 0 Å². The summed E-state index contributed by atoms with van der Waals surface area (Å²) in [4.78, 5) is 0. The van der Waals surface area contributed by atoms with Crippen LogP contribution in [0.3, 0.4) is 0 Å². The normalized spacial score (nSPS) is 30.7. The Morgan fingerprint density at radius 3 is 2.87 bits per heavy atom. The van der Waals surface area contributed by atoms with Crippen molar-refractivity contribution in [1.82, 2.24) is 0 Å². The summed E-state index contributed by atoms with van der Waals surface area (Å²) in [6, 6.07) is 6.45. The van der Waals surface area contributed by atoms with Crippen LogP contribution in [0, 0.1) is 5.82 Å². The highest BCUT2D eigenvalue weighted by Gasteiger charge is 2.39. The minimum absolute atomic E-state index is 0.158. The molecule has 1 saturated heterocycles. The molecule has 1 aliphatic rings. The van der Waals surface area contributed by atoms with Crippen molar-refractivity contribution in [2.75, 3.05) is 13.2 Å². The summed E-state index contributed by atoms with van der Waals surface area (Å²) in [5.41, 5.74) is 5.89. The third kappa shape index (κ3) is 1.88. The summed E-state index contributed by atoms with van der Waals surface area (Å²) in [5, 5.41) is 0. The molecular formula is C11H14FNO2. The maximum atomic E-state index is 13.5. The van der Waals surface area contributed by atoms with Gasteiger partial charge in [0.1, 0.15) is 5.82 Å². The SMILES string of the molecule is CC1(c2ccccc2F)OCC(CN)O1. The standard InChI is InChI=1S/C11H14FNO2/c1-11(14-7-8(6-13)15-11)9-4-2-3-5-10(9)12/h2-5,8H,6-7,13H2,1H3. The molecule has 3 nitrogen and oxygen atoms in total. The second-order valence-electron chi connectivity index (χ2n) is 3.71. The molecule has 2 atom stereocenters. The summed E-state index contributed by atoms with van der Waals surface area (Å²) in [5.74, 6) is -1.33. The van der Waals surface area contributed by atoms with Crippen molar-refractivity contribution in [2.45, 2.75) is 18.8 Å². The lowest BCUT2D eigenvalue weighted by Gasteiger charge is -2.23. The minimum Gasteiger partial charge on any atom is -0.343 e. The second-order valence-corrected chi connectivity index (χ2v) is 3.71. The van der Waals surface area contributed by atoms with Gasteiger partial charge in [0.05, 0.1) is 12.7 Å². The third-order valence-corrected chi connectivity index (χ3v) is 2.56. The zero-order chi connectivity index (χ0) is 10.9. The summed E-state index contributed by atoms with van der Waals surface area (Å²) in [7, 11) is 0.